The zero-order chi connectivity index (χ0) is 7.84. The lowest BCUT2D eigenvalue weighted by Crippen LogP contribution is -2.31. The number of alkyl halides is 2. The van der Waals surface area contributed by atoms with Crippen molar-refractivity contribution in [3.05, 3.63) is 0 Å². The van der Waals surface area contributed by atoms with Crippen LogP contribution in [-0.4, -0.2) is 35.3 Å². The first kappa shape index (κ1) is 8.15. The summed E-state index contributed by atoms with van der Waals surface area (Å²) in [5.74, 6) is 1.44. The SMILES string of the molecule is ClC[C@H]1CCN2CC[C@H](Cl)[C@@H]12. The summed E-state index contributed by atoms with van der Waals surface area (Å²) in [5.41, 5.74) is 0. The molecule has 2 aliphatic heterocycles. The van der Waals surface area contributed by atoms with E-state index >= 15 is 0 Å². The highest BCUT2D eigenvalue weighted by Gasteiger charge is 2.42. The minimum atomic E-state index is 0.362. The number of hydrogen-bond donors (Lipinski definition) is 0. The Morgan fingerprint density at radius 2 is 2.00 bits per heavy atom. The van der Waals surface area contributed by atoms with Crippen molar-refractivity contribution in [2.75, 3.05) is 19.0 Å². The Kier molecular flexibility index (Phi) is 2.31. The summed E-state index contributed by atoms with van der Waals surface area (Å²) in [6, 6.07) is 0.592. The second-order valence-corrected chi connectivity index (χ2v) is 4.40. The van der Waals surface area contributed by atoms with Crippen LogP contribution in [0.25, 0.3) is 0 Å². The van der Waals surface area contributed by atoms with Gasteiger partial charge in [-0.1, -0.05) is 0 Å². The van der Waals surface area contributed by atoms with Crippen molar-refractivity contribution in [1.82, 2.24) is 4.90 Å². The third kappa shape index (κ3) is 1.28. The van der Waals surface area contributed by atoms with E-state index in [1.807, 2.05) is 0 Å². The van der Waals surface area contributed by atoms with Gasteiger partial charge in [0.2, 0.25) is 0 Å². The molecule has 0 aromatic carbocycles. The Balaban J connectivity index is 2.07. The molecule has 2 heterocycles. The van der Waals surface area contributed by atoms with Gasteiger partial charge in [0.25, 0.3) is 0 Å². The molecule has 2 saturated heterocycles. The molecule has 0 saturated carbocycles. The van der Waals surface area contributed by atoms with Crippen LogP contribution in [0.3, 0.4) is 0 Å². The Hall–Kier alpha value is 0.540. The summed E-state index contributed by atoms with van der Waals surface area (Å²) >= 11 is 12.0. The molecule has 2 rings (SSSR count). The van der Waals surface area contributed by atoms with Crippen LogP contribution < -0.4 is 0 Å². The molecule has 0 bridgehead atoms. The van der Waals surface area contributed by atoms with Crippen LogP contribution in [0.1, 0.15) is 12.8 Å². The first-order valence-corrected chi connectivity index (χ1v) is 5.24. The van der Waals surface area contributed by atoms with E-state index in [0.717, 1.165) is 12.3 Å². The normalized spacial score (nSPS) is 44.7. The van der Waals surface area contributed by atoms with E-state index in [2.05, 4.69) is 4.90 Å². The highest BCUT2D eigenvalue weighted by molar-refractivity contribution is 6.21. The number of nitrogens with zero attached hydrogens (tertiary/aromatic N) is 1. The topological polar surface area (TPSA) is 3.24 Å². The van der Waals surface area contributed by atoms with E-state index in [-0.39, 0.29) is 0 Å². The summed E-state index contributed by atoms with van der Waals surface area (Å²) < 4.78 is 0. The zero-order valence-electron chi connectivity index (χ0n) is 6.47. The van der Waals surface area contributed by atoms with Crippen LogP contribution in [0.2, 0.25) is 0 Å². The molecule has 0 aromatic heterocycles. The molecule has 0 aromatic rings. The number of halogens is 2. The first-order valence-electron chi connectivity index (χ1n) is 4.27. The highest BCUT2D eigenvalue weighted by atomic mass is 35.5. The highest BCUT2D eigenvalue weighted by Crippen LogP contribution is 2.36. The maximum absolute atomic E-state index is 6.19. The number of rotatable bonds is 1. The monoisotopic (exact) mass is 193 g/mol. The van der Waals surface area contributed by atoms with Crippen LogP contribution in [0.5, 0.6) is 0 Å². The van der Waals surface area contributed by atoms with Crippen LogP contribution >= 0.6 is 23.2 Å². The first-order chi connectivity index (χ1) is 5.33. The fourth-order valence-electron chi connectivity index (χ4n) is 2.36. The Labute approximate surface area is 77.6 Å². The van der Waals surface area contributed by atoms with Gasteiger partial charge in [-0.15, -0.1) is 23.2 Å². The molecule has 11 heavy (non-hydrogen) atoms. The van der Waals surface area contributed by atoms with Crippen LogP contribution in [0.4, 0.5) is 0 Å². The van der Waals surface area contributed by atoms with Crippen molar-refractivity contribution < 1.29 is 0 Å². The Morgan fingerprint density at radius 1 is 1.27 bits per heavy atom. The quantitative estimate of drug-likeness (QED) is 0.576. The minimum absolute atomic E-state index is 0.362. The van der Waals surface area contributed by atoms with Gasteiger partial charge in [-0.2, -0.15) is 0 Å². The summed E-state index contributed by atoms with van der Waals surface area (Å²) in [6.45, 7) is 2.40. The van der Waals surface area contributed by atoms with Crippen LogP contribution in [0.15, 0.2) is 0 Å². The molecule has 0 spiro atoms. The van der Waals surface area contributed by atoms with Gasteiger partial charge in [0.1, 0.15) is 0 Å². The second kappa shape index (κ2) is 3.12. The third-order valence-electron chi connectivity index (χ3n) is 2.95. The minimum Gasteiger partial charge on any atom is -0.299 e. The second-order valence-electron chi connectivity index (χ2n) is 3.53. The van der Waals surface area contributed by atoms with Crippen LogP contribution in [0, 0.1) is 5.92 Å². The van der Waals surface area contributed by atoms with E-state index in [0.29, 0.717) is 17.3 Å². The van der Waals surface area contributed by atoms with E-state index in [4.69, 9.17) is 23.2 Å². The predicted octanol–water partition coefficient (Wildman–Crippen LogP) is 1.93. The maximum Gasteiger partial charge on any atom is 0.0506 e. The molecule has 0 radical (unpaired) electrons. The number of hydrogen-bond acceptors (Lipinski definition) is 1. The standard InChI is InChI=1S/C8H13Cl2N/c9-5-6-1-3-11-4-2-7(10)8(6)11/h6-8H,1-5H2/t6-,7+,8-/m1/s1. The van der Waals surface area contributed by atoms with E-state index in [1.165, 1.54) is 19.5 Å². The summed E-state index contributed by atoms with van der Waals surface area (Å²) in [6.07, 6.45) is 2.40. The molecule has 2 fully saturated rings. The number of fused-ring (bicyclic) bond motifs is 1. The average molecular weight is 194 g/mol. The lowest BCUT2D eigenvalue weighted by Gasteiger charge is -2.20. The van der Waals surface area contributed by atoms with E-state index in [9.17, 15) is 0 Å². The largest absolute Gasteiger partial charge is 0.299 e. The average Bonchev–Trinajstić information content (AvgIpc) is 2.54. The molecule has 64 valence electrons. The van der Waals surface area contributed by atoms with Crippen molar-refractivity contribution in [1.29, 1.82) is 0 Å². The van der Waals surface area contributed by atoms with Gasteiger partial charge in [0, 0.05) is 11.9 Å². The molecule has 2 aliphatic rings. The Bertz CT molecular complexity index is 151. The van der Waals surface area contributed by atoms with Gasteiger partial charge in [0.15, 0.2) is 0 Å². The van der Waals surface area contributed by atoms with Crippen molar-refractivity contribution >= 4 is 23.2 Å². The van der Waals surface area contributed by atoms with Crippen molar-refractivity contribution in [3.63, 3.8) is 0 Å². The predicted molar refractivity (Wildman–Crippen MR) is 48.4 cm³/mol. The fraction of sp³-hybridized carbons (Fsp3) is 1.00. The molecular weight excluding hydrogens is 181 g/mol. The lowest BCUT2D eigenvalue weighted by atomic mass is 10.0. The molecule has 0 aliphatic carbocycles. The van der Waals surface area contributed by atoms with Gasteiger partial charge in [-0.05, 0) is 31.8 Å². The molecule has 3 atom stereocenters. The molecule has 3 heteroatoms. The van der Waals surface area contributed by atoms with Crippen LogP contribution in [-0.2, 0) is 0 Å². The summed E-state index contributed by atoms with van der Waals surface area (Å²) in [4.78, 5) is 2.49. The fourth-order valence-corrected chi connectivity index (χ4v) is 3.16. The van der Waals surface area contributed by atoms with Gasteiger partial charge in [-0.25, -0.2) is 0 Å². The summed E-state index contributed by atoms with van der Waals surface area (Å²) in [7, 11) is 0. The maximum atomic E-state index is 6.19. The van der Waals surface area contributed by atoms with Gasteiger partial charge in [-0.3, -0.25) is 4.90 Å². The van der Waals surface area contributed by atoms with Crippen molar-refractivity contribution in [3.8, 4) is 0 Å². The summed E-state index contributed by atoms with van der Waals surface area (Å²) in [5, 5.41) is 0.362. The third-order valence-corrected chi connectivity index (χ3v) is 3.83. The molecule has 0 N–H and O–H groups in total. The van der Waals surface area contributed by atoms with Gasteiger partial charge in [0.05, 0.1) is 5.38 Å². The van der Waals surface area contributed by atoms with E-state index in [1.54, 1.807) is 0 Å². The van der Waals surface area contributed by atoms with Crippen molar-refractivity contribution in [2.24, 2.45) is 5.92 Å². The van der Waals surface area contributed by atoms with Crippen molar-refractivity contribution in [2.45, 2.75) is 24.3 Å². The zero-order valence-corrected chi connectivity index (χ0v) is 7.98. The molecule has 0 unspecified atom stereocenters. The Morgan fingerprint density at radius 3 is 2.73 bits per heavy atom. The van der Waals surface area contributed by atoms with Gasteiger partial charge < -0.3 is 0 Å². The lowest BCUT2D eigenvalue weighted by molar-refractivity contribution is 0.301. The van der Waals surface area contributed by atoms with E-state index < -0.39 is 0 Å². The molecule has 0 amide bonds. The molecular formula is C8H13Cl2N. The smallest absolute Gasteiger partial charge is 0.0506 e. The molecule has 1 nitrogen and oxygen atoms in total. The van der Waals surface area contributed by atoms with Gasteiger partial charge >= 0.3 is 0 Å².